The molecule has 2 atom stereocenters. The Morgan fingerprint density at radius 2 is 2.45 bits per heavy atom. The Morgan fingerprint density at radius 1 is 1.55 bits per heavy atom. The van der Waals surface area contributed by atoms with Gasteiger partial charge in [0.25, 0.3) is 0 Å². The van der Waals surface area contributed by atoms with Gasteiger partial charge in [-0.15, -0.1) is 0 Å². The quantitative estimate of drug-likeness (QED) is 0.838. The molecule has 2 saturated heterocycles. The number of likely N-dealkylation sites (tertiary alicyclic amines) is 1. The summed E-state index contributed by atoms with van der Waals surface area (Å²) in [7, 11) is 1.54. The van der Waals surface area contributed by atoms with E-state index in [0.717, 1.165) is 25.8 Å². The maximum atomic E-state index is 12.0. The SMILES string of the molecule is COCC(=O)N1CCC[C@]2(C[C@H](Oc3ccccn3)CO2)C1. The molecule has 0 aromatic carbocycles. The first kappa shape index (κ1) is 15.2. The standard InChI is InChI=1S/C16H22N2O4/c1-20-11-15(19)18-8-4-6-16(12-18)9-13(10-21-16)22-14-5-2-3-7-17-14/h2-3,5,7,13H,4,6,8-12H2,1H3/t13-,16-/m0/s1. The molecule has 0 N–H and O–H groups in total. The second-order valence-corrected chi connectivity index (χ2v) is 5.96. The first-order valence-electron chi connectivity index (χ1n) is 7.69. The summed E-state index contributed by atoms with van der Waals surface area (Å²) < 4.78 is 16.9. The van der Waals surface area contributed by atoms with Gasteiger partial charge in [0.2, 0.25) is 11.8 Å². The molecule has 6 nitrogen and oxygen atoms in total. The van der Waals surface area contributed by atoms with Gasteiger partial charge in [0, 0.05) is 38.9 Å². The smallest absolute Gasteiger partial charge is 0.248 e. The van der Waals surface area contributed by atoms with Gasteiger partial charge in [-0.2, -0.15) is 0 Å². The van der Waals surface area contributed by atoms with Gasteiger partial charge in [-0.1, -0.05) is 6.07 Å². The summed E-state index contributed by atoms with van der Waals surface area (Å²) in [4.78, 5) is 18.0. The Labute approximate surface area is 130 Å². The Bertz CT molecular complexity index is 510. The number of amides is 1. The lowest BCUT2D eigenvalue weighted by Gasteiger charge is -2.39. The molecular weight excluding hydrogens is 284 g/mol. The van der Waals surface area contributed by atoms with Crippen molar-refractivity contribution in [2.24, 2.45) is 0 Å². The van der Waals surface area contributed by atoms with Gasteiger partial charge in [0.1, 0.15) is 12.7 Å². The monoisotopic (exact) mass is 306 g/mol. The maximum Gasteiger partial charge on any atom is 0.248 e. The zero-order chi connectivity index (χ0) is 15.4. The molecule has 3 rings (SSSR count). The number of carbonyl (C=O) groups excluding carboxylic acids is 1. The molecule has 0 bridgehead atoms. The predicted octanol–water partition coefficient (Wildman–Crippen LogP) is 1.26. The molecule has 3 heterocycles. The molecule has 0 saturated carbocycles. The molecule has 1 amide bonds. The van der Waals surface area contributed by atoms with Crippen LogP contribution in [0.25, 0.3) is 0 Å². The van der Waals surface area contributed by atoms with Crippen molar-refractivity contribution < 1.29 is 19.0 Å². The van der Waals surface area contributed by atoms with E-state index in [2.05, 4.69) is 4.98 Å². The summed E-state index contributed by atoms with van der Waals surface area (Å²) in [5.41, 5.74) is -0.277. The van der Waals surface area contributed by atoms with Crippen LogP contribution >= 0.6 is 0 Å². The highest BCUT2D eigenvalue weighted by atomic mass is 16.6. The van der Waals surface area contributed by atoms with Crippen molar-refractivity contribution in [3.05, 3.63) is 24.4 Å². The fourth-order valence-electron chi connectivity index (χ4n) is 3.28. The minimum atomic E-state index is -0.277. The first-order valence-corrected chi connectivity index (χ1v) is 7.69. The highest BCUT2D eigenvalue weighted by Gasteiger charge is 2.45. The van der Waals surface area contributed by atoms with Crippen molar-refractivity contribution in [1.82, 2.24) is 9.88 Å². The average Bonchev–Trinajstić information content (AvgIpc) is 2.90. The van der Waals surface area contributed by atoms with E-state index in [0.29, 0.717) is 19.0 Å². The van der Waals surface area contributed by atoms with E-state index in [1.807, 2.05) is 23.1 Å². The zero-order valence-electron chi connectivity index (χ0n) is 12.9. The van der Waals surface area contributed by atoms with E-state index in [1.165, 1.54) is 0 Å². The summed E-state index contributed by atoms with van der Waals surface area (Å²) in [5, 5.41) is 0. The molecule has 0 unspecified atom stereocenters. The van der Waals surface area contributed by atoms with Crippen LogP contribution in [0.15, 0.2) is 24.4 Å². The number of hydrogen-bond acceptors (Lipinski definition) is 5. The zero-order valence-corrected chi connectivity index (χ0v) is 12.9. The molecular formula is C16H22N2O4. The number of nitrogens with zero attached hydrogens (tertiary/aromatic N) is 2. The Hall–Kier alpha value is -1.66. The van der Waals surface area contributed by atoms with Crippen LogP contribution in [0.2, 0.25) is 0 Å². The molecule has 2 aliphatic heterocycles. The summed E-state index contributed by atoms with van der Waals surface area (Å²) >= 11 is 0. The Kier molecular flexibility index (Phi) is 4.59. The molecule has 6 heteroatoms. The van der Waals surface area contributed by atoms with Crippen LogP contribution in [0.5, 0.6) is 5.88 Å². The van der Waals surface area contributed by atoms with Gasteiger partial charge in [-0.3, -0.25) is 4.79 Å². The second-order valence-electron chi connectivity index (χ2n) is 5.96. The van der Waals surface area contributed by atoms with Crippen molar-refractivity contribution in [1.29, 1.82) is 0 Å². The molecule has 2 aliphatic rings. The molecule has 0 aliphatic carbocycles. The third-order valence-electron chi connectivity index (χ3n) is 4.26. The number of carbonyl (C=O) groups is 1. The topological polar surface area (TPSA) is 60.9 Å². The van der Waals surface area contributed by atoms with Gasteiger partial charge >= 0.3 is 0 Å². The fourth-order valence-corrected chi connectivity index (χ4v) is 3.28. The summed E-state index contributed by atoms with van der Waals surface area (Å²) in [6.45, 7) is 2.07. The lowest BCUT2D eigenvalue weighted by molar-refractivity contribution is -0.143. The molecule has 2 fully saturated rings. The van der Waals surface area contributed by atoms with Crippen LogP contribution in [-0.4, -0.2) is 60.9 Å². The summed E-state index contributed by atoms with van der Waals surface area (Å²) in [5.74, 6) is 0.649. The molecule has 1 aromatic rings. The van der Waals surface area contributed by atoms with Crippen molar-refractivity contribution in [3.8, 4) is 5.88 Å². The van der Waals surface area contributed by atoms with Crippen LogP contribution in [0.4, 0.5) is 0 Å². The number of piperidine rings is 1. The molecule has 1 aromatic heterocycles. The normalized spacial score (nSPS) is 28.0. The first-order chi connectivity index (χ1) is 10.7. The Balaban J connectivity index is 1.59. The molecule has 120 valence electrons. The van der Waals surface area contributed by atoms with E-state index in [4.69, 9.17) is 14.2 Å². The van der Waals surface area contributed by atoms with Gasteiger partial charge < -0.3 is 19.1 Å². The van der Waals surface area contributed by atoms with E-state index >= 15 is 0 Å². The van der Waals surface area contributed by atoms with Gasteiger partial charge in [-0.05, 0) is 18.9 Å². The van der Waals surface area contributed by atoms with Crippen molar-refractivity contribution >= 4 is 5.91 Å². The van der Waals surface area contributed by atoms with E-state index in [-0.39, 0.29) is 24.2 Å². The highest BCUT2D eigenvalue weighted by Crippen LogP contribution is 2.36. The van der Waals surface area contributed by atoms with Crippen molar-refractivity contribution in [2.45, 2.75) is 31.0 Å². The average molecular weight is 306 g/mol. The van der Waals surface area contributed by atoms with Crippen LogP contribution < -0.4 is 4.74 Å². The molecule has 0 radical (unpaired) electrons. The number of methoxy groups -OCH3 is 1. The summed E-state index contributed by atoms with van der Waals surface area (Å²) in [6.07, 6.45) is 4.41. The lowest BCUT2D eigenvalue weighted by Crippen LogP contribution is -2.51. The van der Waals surface area contributed by atoms with Crippen LogP contribution in [0.1, 0.15) is 19.3 Å². The van der Waals surface area contributed by atoms with Crippen LogP contribution in [0, 0.1) is 0 Å². The van der Waals surface area contributed by atoms with Gasteiger partial charge in [0.15, 0.2) is 0 Å². The van der Waals surface area contributed by atoms with E-state index in [9.17, 15) is 4.79 Å². The number of ether oxygens (including phenoxy) is 3. The number of aromatic nitrogens is 1. The minimum Gasteiger partial charge on any atom is -0.472 e. The summed E-state index contributed by atoms with van der Waals surface area (Å²) in [6, 6.07) is 5.61. The van der Waals surface area contributed by atoms with Crippen molar-refractivity contribution in [3.63, 3.8) is 0 Å². The largest absolute Gasteiger partial charge is 0.472 e. The number of hydrogen-bond donors (Lipinski definition) is 0. The minimum absolute atomic E-state index is 0.00706. The highest BCUT2D eigenvalue weighted by molar-refractivity contribution is 5.77. The van der Waals surface area contributed by atoms with Gasteiger partial charge in [-0.25, -0.2) is 4.98 Å². The lowest BCUT2D eigenvalue weighted by atomic mass is 9.89. The molecule has 1 spiro atoms. The van der Waals surface area contributed by atoms with Gasteiger partial charge in [0.05, 0.1) is 12.2 Å². The number of pyridine rings is 1. The third-order valence-corrected chi connectivity index (χ3v) is 4.26. The van der Waals surface area contributed by atoms with E-state index in [1.54, 1.807) is 13.3 Å². The Morgan fingerprint density at radius 3 is 3.23 bits per heavy atom. The molecule has 22 heavy (non-hydrogen) atoms. The fraction of sp³-hybridized carbons (Fsp3) is 0.625. The second kappa shape index (κ2) is 6.62. The van der Waals surface area contributed by atoms with E-state index < -0.39 is 0 Å². The van der Waals surface area contributed by atoms with Crippen LogP contribution in [-0.2, 0) is 14.3 Å². The number of rotatable bonds is 4. The maximum absolute atomic E-state index is 12.0. The third kappa shape index (κ3) is 3.39. The predicted molar refractivity (Wildman–Crippen MR) is 79.6 cm³/mol. The van der Waals surface area contributed by atoms with Crippen LogP contribution in [0.3, 0.4) is 0 Å². The van der Waals surface area contributed by atoms with Crippen molar-refractivity contribution in [2.75, 3.05) is 33.4 Å².